The van der Waals surface area contributed by atoms with Gasteiger partial charge in [-0.3, -0.25) is 14.7 Å². The molecule has 0 saturated heterocycles. The maximum atomic E-state index is 12.9. The first-order valence-electron chi connectivity index (χ1n) is 9.11. The van der Waals surface area contributed by atoms with Crippen LogP contribution in [-0.2, 0) is 11.2 Å². The molecule has 0 spiro atoms. The number of amides is 1. The monoisotopic (exact) mass is 339 g/mol. The molecule has 4 nitrogen and oxygen atoms in total. The van der Waals surface area contributed by atoms with E-state index in [1.165, 1.54) is 0 Å². The zero-order valence-electron chi connectivity index (χ0n) is 15.5. The Morgan fingerprint density at radius 1 is 1.12 bits per heavy atom. The number of hydrogen-bond donors (Lipinski definition) is 1. The van der Waals surface area contributed by atoms with Crippen molar-refractivity contribution in [2.24, 2.45) is 0 Å². The summed E-state index contributed by atoms with van der Waals surface area (Å²) in [5.41, 5.74) is 2.11. The van der Waals surface area contributed by atoms with Crippen LogP contribution in [0.2, 0.25) is 0 Å². The number of likely N-dealkylation sites (N-methyl/N-ethyl adjacent to an activating group) is 1. The molecule has 134 valence electrons. The quantitative estimate of drug-likeness (QED) is 0.763. The normalized spacial score (nSPS) is 13.4. The van der Waals surface area contributed by atoms with Gasteiger partial charge in [0.1, 0.15) is 0 Å². The molecule has 1 N–H and O–H groups in total. The third-order valence-electron chi connectivity index (χ3n) is 4.69. The standard InChI is InChI=1S/C21H29N3O/c1-4-24(5-2)17(3)15-23-21(25)20(19-11-7-6-8-12-19)14-18-10-9-13-22-16-18/h6-13,16-17,20H,4-5,14-15H2,1-3H3,(H,23,25). The Labute approximate surface area is 151 Å². The predicted molar refractivity (Wildman–Crippen MR) is 103 cm³/mol. The Balaban J connectivity index is 2.08. The van der Waals surface area contributed by atoms with Crippen LogP contribution >= 0.6 is 0 Å². The number of carbonyl (C=O) groups is 1. The van der Waals surface area contributed by atoms with Crippen molar-refractivity contribution < 1.29 is 4.79 Å². The van der Waals surface area contributed by atoms with Crippen LogP contribution in [0.25, 0.3) is 0 Å². The van der Waals surface area contributed by atoms with Crippen molar-refractivity contribution in [1.82, 2.24) is 15.2 Å². The second kappa shape index (κ2) is 9.94. The van der Waals surface area contributed by atoms with Gasteiger partial charge in [0, 0.05) is 25.0 Å². The largest absolute Gasteiger partial charge is 0.354 e. The maximum absolute atomic E-state index is 12.9. The maximum Gasteiger partial charge on any atom is 0.227 e. The predicted octanol–water partition coefficient (Wildman–Crippen LogP) is 3.25. The van der Waals surface area contributed by atoms with E-state index in [-0.39, 0.29) is 11.8 Å². The van der Waals surface area contributed by atoms with E-state index in [2.05, 4.69) is 36.0 Å². The summed E-state index contributed by atoms with van der Waals surface area (Å²) in [7, 11) is 0. The fraction of sp³-hybridized carbons (Fsp3) is 0.429. The highest BCUT2D eigenvalue weighted by atomic mass is 16.1. The van der Waals surface area contributed by atoms with Gasteiger partial charge in [-0.2, -0.15) is 0 Å². The molecular weight excluding hydrogens is 310 g/mol. The number of carbonyl (C=O) groups excluding carboxylic acids is 1. The molecule has 2 atom stereocenters. The molecule has 25 heavy (non-hydrogen) atoms. The smallest absolute Gasteiger partial charge is 0.227 e. The summed E-state index contributed by atoms with van der Waals surface area (Å²) in [6.45, 7) is 9.10. The van der Waals surface area contributed by atoms with Gasteiger partial charge in [-0.15, -0.1) is 0 Å². The number of benzene rings is 1. The Morgan fingerprint density at radius 2 is 1.84 bits per heavy atom. The topological polar surface area (TPSA) is 45.2 Å². The number of hydrogen-bond acceptors (Lipinski definition) is 3. The van der Waals surface area contributed by atoms with Crippen molar-refractivity contribution in [3.8, 4) is 0 Å². The molecule has 0 radical (unpaired) electrons. The summed E-state index contributed by atoms with van der Waals surface area (Å²) in [6, 6.07) is 14.3. The average molecular weight is 339 g/mol. The van der Waals surface area contributed by atoms with Crippen LogP contribution in [0.3, 0.4) is 0 Å². The lowest BCUT2D eigenvalue weighted by atomic mass is 9.91. The molecule has 1 aromatic heterocycles. The number of pyridine rings is 1. The second-order valence-corrected chi connectivity index (χ2v) is 6.34. The van der Waals surface area contributed by atoms with Crippen molar-refractivity contribution in [2.45, 2.75) is 39.2 Å². The van der Waals surface area contributed by atoms with Gasteiger partial charge < -0.3 is 5.32 Å². The molecule has 0 aliphatic heterocycles. The van der Waals surface area contributed by atoms with Crippen LogP contribution in [0, 0.1) is 0 Å². The molecule has 0 aliphatic carbocycles. The molecule has 0 aliphatic rings. The molecule has 0 bridgehead atoms. The SMILES string of the molecule is CCN(CC)C(C)CNC(=O)C(Cc1cccnc1)c1ccccc1. The van der Waals surface area contributed by atoms with Crippen molar-refractivity contribution in [3.63, 3.8) is 0 Å². The van der Waals surface area contributed by atoms with Crippen molar-refractivity contribution in [3.05, 3.63) is 66.0 Å². The molecule has 0 fully saturated rings. The molecule has 2 aromatic rings. The fourth-order valence-electron chi connectivity index (χ4n) is 3.15. The molecule has 1 aromatic carbocycles. The summed E-state index contributed by atoms with van der Waals surface area (Å²) in [6.07, 6.45) is 4.25. The third kappa shape index (κ3) is 5.68. The van der Waals surface area contributed by atoms with Gasteiger partial charge >= 0.3 is 0 Å². The van der Waals surface area contributed by atoms with E-state index < -0.39 is 0 Å². The summed E-state index contributed by atoms with van der Waals surface area (Å²) >= 11 is 0. The summed E-state index contributed by atoms with van der Waals surface area (Å²) in [5.74, 6) is -0.122. The van der Waals surface area contributed by atoms with Crippen LogP contribution < -0.4 is 5.32 Å². The van der Waals surface area contributed by atoms with E-state index in [0.717, 1.165) is 24.2 Å². The van der Waals surface area contributed by atoms with Gasteiger partial charge in [0.25, 0.3) is 0 Å². The van der Waals surface area contributed by atoms with E-state index in [0.29, 0.717) is 19.0 Å². The number of rotatable bonds is 9. The van der Waals surface area contributed by atoms with Crippen molar-refractivity contribution in [1.29, 1.82) is 0 Å². The summed E-state index contributed by atoms with van der Waals surface area (Å²) in [4.78, 5) is 19.4. The van der Waals surface area contributed by atoms with Crippen molar-refractivity contribution in [2.75, 3.05) is 19.6 Å². The lowest BCUT2D eigenvalue weighted by molar-refractivity contribution is -0.122. The zero-order chi connectivity index (χ0) is 18.1. The minimum atomic E-state index is -0.200. The Kier molecular flexibility index (Phi) is 7.61. The molecule has 1 heterocycles. The molecular formula is C21H29N3O. The van der Waals surface area contributed by atoms with Gasteiger partial charge in [0.05, 0.1) is 5.92 Å². The summed E-state index contributed by atoms with van der Waals surface area (Å²) in [5, 5.41) is 3.15. The summed E-state index contributed by atoms with van der Waals surface area (Å²) < 4.78 is 0. The van der Waals surface area contributed by atoms with Crippen molar-refractivity contribution >= 4 is 5.91 Å². The van der Waals surface area contributed by atoms with E-state index in [1.54, 1.807) is 6.20 Å². The van der Waals surface area contributed by atoms with Gasteiger partial charge in [0.2, 0.25) is 5.91 Å². The fourth-order valence-corrected chi connectivity index (χ4v) is 3.15. The van der Waals surface area contributed by atoms with Gasteiger partial charge in [-0.25, -0.2) is 0 Å². The number of nitrogens with zero attached hydrogens (tertiary/aromatic N) is 2. The van der Waals surface area contributed by atoms with E-state index in [1.807, 2.05) is 48.7 Å². The molecule has 4 heteroatoms. The zero-order valence-corrected chi connectivity index (χ0v) is 15.5. The van der Waals surface area contributed by atoms with E-state index in [9.17, 15) is 4.79 Å². The molecule has 0 saturated carbocycles. The van der Waals surface area contributed by atoms with E-state index in [4.69, 9.17) is 0 Å². The van der Waals surface area contributed by atoms with Gasteiger partial charge in [0.15, 0.2) is 0 Å². The Bertz CT molecular complexity index is 626. The number of nitrogens with one attached hydrogen (secondary N) is 1. The Hall–Kier alpha value is -2.20. The van der Waals surface area contributed by atoms with Crippen LogP contribution in [0.4, 0.5) is 0 Å². The average Bonchev–Trinajstić information content (AvgIpc) is 2.66. The second-order valence-electron chi connectivity index (χ2n) is 6.34. The van der Waals surface area contributed by atoms with Crippen LogP contribution in [0.5, 0.6) is 0 Å². The minimum absolute atomic E-state index is 0.0778. The van der Waals surface area contributed by atoms with Crippen LogP contribution in [0.1, 0.15) is 37.8 Å². The number of aromatic nitrogens is 1. The van der Waals surface area contributed by atoms with Gasteiger partial charge in [-0.1, -0.05) is 50.2 Å². The highest BCUT2D eigenvalue weighted by Gasteiger charge is 2.22. The molecule has 2 rings (SSSR count). The Morgan fingerprint density at radius 3 is 2.44 bits per heavy atom. The van der Waals surface area contributed by atoms with Crippen LogP contribution in [-0.4, -0.2) is 41.5 Å². The highest BCUT2D eigenvalue weighted by molar-refractivity contribution is 5.84. The van der Waals surface area contributed by atoms with E-state index >= 15 is 0 Å². The first-order valence-corrected chi connectivity index (χ1v) is 9.11. The first kappa shape index (κ1) is 19.1. The molecule has 1 amide bonds. The molecule has 2 unspecified atom stereocenters. The lowest BCUT2D eigenvalue weighted by Crippen LogP contribution is -2.43. The third-order valence-corrected chi connectivity index (χ3v) is 4.69. The first-order chi connectivity index (χ1) is 12.2. The van der Waals surface area contributed by atoms with Crippen LogP contribution in [0.15, 0.2) is 54.9 Å². The van der Waals surface area contributed by atoms with Gasteiger partial charge in [-0.05, 0) is 43.6 Å². The highest BCUT2D eigenvalue weighted by Crippen LogP contribution is 2.21. The minimum Gasteiger partial charge on any atom is -0.354 e. The lowest BCUT2D eigenvalue weighted by Gasteiger charge is -2.27.